The molecule has 1 aromatic carbocycles. The zero-order valence-electron chi connectivity index (χ0n) is 8.82. The molecule has 0 aliphatic heterocycles. The maximum absolute atomic E-state index is 11.8. The zero-order valence-corrected chi connectivity index (χ0v) is 9.64. The number of fused-ring (bicyclic) bond motifs is 1. The number of hydrogen-bond acceptors (Lipinski definition) is 2. The van der Waals surface area contributed by atoms with Crippen LogP contribution >= 0.6 is 11.3 Å². The summed E-state index contributed by atoms with van der Waals surface area (Å²) in [5.41, 5.74) is 0.162. The molecule has 0 fully saturated rings. The molecule has 0 atom stereocenters. The lowest BCUT2D eigenvalue weighted by Gasteiger charge is -2.00. The molecule has 0 aliphatic rings. The smallest absolute Gasteiger partial charge is 0.188 e. The van der Waals surface area contributed by atoms with Gasteiger partial charge in [-0.25, -0.2) is 0 Å². The number of benzene rings is 1. The van der Waals surface area contributed by atoms with Gasteiger partial charge in [-0.2, -0.15) is 0 Å². The van der Waals surface area contributed by atoms with E-state index in [0.29, 0.717) is 0 Å². The molecule has 0 N–H and O–H groups in total. The molecule has 0 saturated carbocycles. The molecule has 0 radical (unpaired) electrons. The molecule has 2 rings (SSSR count). The lowest BCUT2D eigenvalue weighted by atomic mass is 10.2. The van der Waals surface area contributed by atoms with E-state index in [0.717, 1.165) is 22.9 Å². The average Bonchev–Trinajstić information content (AvgIpc) is 2.26. The van der Waals surface area contributed by atoms with E-state index in [-0.39, 0.29) is 5.43 Å². The fraction of sp³-hybridized carbons (Fsp3) is 0.308. The second-order valence-electron chi connectivity index (χ2n) is 3.68. The summed E-state index contributed by atoms with van der Waals surface area (Å²) in [6.45, 7) is 2.17. The number of aryl methyl sites for hydroxylation is 1. The second kappa shape index (κ2) is 4.58. The first-order valence-electron chi connectivity index (χ1n) is 5.33. The van der Waals surface area contributed by atoms with Gasteiger partial charge in [0, 0.05) is 15.0 Å². The van der Waals surface area contributed by atoms with Crippen molar-refractivity contribution in [3.05, 3.63) is 45.4 Å². The van der Waals surface area contributed by atoms with Crippen molar-refractivity contribution < 1.29 is 0 Å². The van der Waals surface area contributed by atoms with Gasteiger partial charge in [0.2, 0.25) is 0 Å². The minimum absolute atomic E-state index is 0.162. The molecule has 0 saturated heterocycles. The summed E-state index contributed by atoms with van der Waals surface area (Å²) in [6, 6.07) is 9.63. The highest BCUT2D eigenvalue weighted by Gasteiger charge is 2.01. The third-order valence-corrected chi connectivity index (χ3v) is 3.62. The maximum atomic E-state index is 11.8. The summed E-state index contributed by atoms with van der Waals surface area (Å²) in [5, 5.41) is 0.850. The van der Waals surface area contributed by atoms with Crippen molar-refractivity contribution in [2.75, 3.05) is 0 Å². The Labute approximate surface area is 93.4 Å². The Morgan fingerprint density at radius 2 is 2.07 bits per heavy atom. The van der Waals surface area contributed by atoms with Crippen LogP contribution < -0.4 is 5.43 Å². The Morgan fingerprint density at radius 1 is 1.27 bits per heavy atom. The molecule has 1 aromatic heterocycles. The van der Waals surface area contributed by atoms with Crippen LogP contribution in [0.15, 0.2) is 35.1 Å². The molecule has 0 bridgehead atoms. The zero-order chi connectivity index (χ0) is 10.7. The Morgan fingerprint density at radius 3 is 2.87 bits per heavy atom. The molecule has 15 heavy (non-hydrogen) atoms. The lowest BCUT2D eigenvalue weighted by molar-refractivity contribution is 0.803. The predicted molar refractivity (Wildman–Crippen MR) is 66.7 cm³/mol. The van der Waals surface area contributed by atoms with Crippen LogP contribution in [0.1, 0.15) is 24.6 Å². The molecule has 1 heterocycles. The normalized spacial score (nSPS) is 10.7. The first-order chi connectivity index (χ1) is 7.31. The van der Waals surface area contributed by atoms with E-state index in [1.807, 2.05) is 24.3 Å². The quantitative estimate of drug-likeness (QED) is 0.769. The van der Waals surface area contributed by atoms with Crippen LogP contribution in [-0.4, -0.2) is 0 Å². The molecule has 1 nitrogen and oxygen atoms in total. The predicted octanol–water partition coefficient (Wildman–Crippen LogP) is 3.60. The van der Waals surface area contributed by atoms with Crippen molar-refractivity contribution >= 4 is 21.4 Å². The van der Waals surface area contributed by atoms with Crippen molar-refractivity contribution in [1.29, 1.82) is 0 Å². The van der Waals surface area contributed by atoms with E-state index in [9.17, 15) is 4.79 Å². The minimum atomic E-state index is 0.162. The Hall–Kier alpha value is -1.15. The molecule has 0 aliphatic carbocycles. The number of hydrogen-bond donors (Lipinski definition) is 0. The first kappa shape index (κ1) is 10.4. The molecule has 78 valence electrons. The van der Waals surface area contributed by atoms with Crippen molar-refractivity contribution in [3.8, 4) is 0 Å². The molecular weight excluding hydrogens is 204 g/mol. The average molecular weight is 218 g/mol. The SMILES string of the molecule is CCCCc1cc(=O)c2ccccc2s1. The number of unbranched alkanes of at least 4 members (excludes halogenated alkanes) is 1. The highest BCUT2D eigenvalue weighted by atomic mass is 32.1. The van der Waals surface area contributed by atoms with Gasteiger partial charge in [0.05, 0.1) is 0 Å². The Balaban J connectivity index is 2.48. The van der Waals surface area contributed by atoms with Crippen molar-refractivity contribution in [2.45, 2.75) is 26.2 Å². The van der Waals surface area contributed by atoms with Crippen LogP contribution in [-0.2, 0) is 6.42 Å². The minimum Gasteiger partial charge on any atom is -0.289 e. The van der Waals surface area contributed by atoms with Gasteiger partial charge >= 0.3 is 0 Å². The van der Waals surface area contributed by atoms with E-state index in [4.69, 9.17) is 0 Å². The van der Waals surface area contributed by atoms with Gasteiger partial charge in [-0.15, -0.1) is 11.3 Å². The van der Waals surface area contributed by atoms with Crippen molar-refractivity contribution in [1.82, 2.24) is 0 Å². The molecule has 0 unspecified atom stereocenters. The third kappa shape index (κ3) is 2.26. The maximum Gasteiger partial charge on any atom is 0.188 e. The van der Waals surface area contributed by atoms with E-state index < -0.39 is 0 Å². The highest BCUT2D eigenvalue weighted by Crippen LogP contribution is 2.19. The summed E-state index contributed by atoms with van der Waals surface area (Å²) in [7, 11) is 0. The van der Waals surface area contributed by atoms with Gasteiger partial charge < -0.3 is 0 Å². The monoisotopic (exact) mass is 218 g/mol. The molecule has 2 heteroatoms. The van der Waals surface area contributed by atoms with Crippen LogP contribution in [0, 0.1) is 0 Å². The van der Waals surface area contributed by atoms with Gasteiger partial charge in [0.1, 0.15) is 0 Å². The Bertz CT molecular complexity index is 513. The summed E-state index contributed by atoms with van der Waals surface area (Å²) < 4.78 is 1.11. The first-order valence-corrected chi connectivity index (χ1v) is 6.14. The fourth-order valence-electron chi connectivity index (χ4n) is 1.63. The van der Waals surface area contributed by atoms with Gasteiger partial charge in [0.25, 0.3) is 0 Å². The number of rotatable bonds is 3. The van der Waals surface area contributed by atoms with Gasteiger partial charge in [-0.05, 0) is 31.0 Å². The van der Waals surface area contributed by atoms with Gasteiger partial charge in [-0.3, -0.25) is 4.79 Å². The van der Waals surface area contributed by atoms with Crippen LogP contribution in [0.5, 0.6) is 0 Å². The van der Waals surface area contributed by atoms with Crippen molar-refractivity contribution in [3.63, 3.8) is 0 Å². The largest absolute Gasteiger partial charge is 0.289 e. The third-order valence-electron chi connectivity index (χ3n) is 2.46. The molecule has 0 amide bonds. The summed E-state index contributed by atoms with van der Waals surface area (Å²) in [4.78, 5) is 13.0. The molecular formula is C13H14OS. The van der Waals surface area contributed by atoms with E-state index in [1.165, 1.54) is 11.3 Å². The molecule has 2 aromatic rings. The summed E-state index contributed by atoms with van der Waals surface area (Å²) in [5.74, 6) is 0. The van der Waals surface area contributed by atoms with E-state index >= 15 is 0 Å². The summed E-state index contributed by atoms with van der Waals surface area (Å²) >= 11 is 1.74. The van der Waals surface area contributed by atoms with E-state index in [1.54, 1.807) is 17.4 Å². The van der Waals surface area contributed by atoms with Crippen LogP contribution in [0.3, 0.4) is 0 Å². The van der Waals surface area contributed by atoms with Crippen LogP contribution in [0.25, 0.3) is 10.1 Å². The summed E-state index contributed by atoms with van der Waals surface area (Å²) in [6.07, 6.45) is 3.36. The van der Waals surface area contributed by atoms with Crippen molar-refractivity contribution in [2.24, 2.45) is 0 Å². The van der Waals surface area contributed by atoms with Crippen LogP contribution in [0.4, 0.5) is 0 Å². The van der Waals surface area contributed by atoms with Crippen LogP contribution in [0.2, 0.25) is 0 Å². The van der Waals surface area contributed by atoms with Gasteiger partial charge in [0.15, 0.2) is 5.43 Å². The molecule has 0 spiro atoms. The van der Waals surface area contributed by atoms with E-state index in [2.05, 4.69) is 6.92 Å². The lowest BCUT2D eigenvalue weighted by Crippen LogP contribution is -2.00. The fourth-order valence-corrected chi connectivity index (χ4v) is 2.75. The second-order valence-corrected chi connectivity index (χ2v) is 4.85. The Kier molecular flexibility index (Phi) is 3.17. The van der Waals surface area contributed by atoms with Gasteiger partial charge in [-0.1, -0.05) is 25.5 Å². The highest BCUT2D eigenvalue weighted by molar-refractivity contribution is 7.18. The standard InChI is InChI=1S/C13H14OS/c1-2-3-6-10-9-12(14)11-7-4-5-8-13(11)15-10/h4-5,7-9H,2-3,6H2,1H3. The topological polar surface area (TPSA) is 17.1 Å².